The first-order valence-corrected chi connectivity index (χ1v) is 6.53. The maximum atomic E-state index is 12.0. The van der Waals surface area contributed by atoms with Gasteiger partial charge in [0.05, 0.1) is 5.56 Å². The number of hydrogen-bond donors (Lipinski definition) is 0. The van der Waals surface area contributed by atoms with E-state index in [2.05, 4.69) is 0 Å². The van der Waals surface area contributed by atoms with Gasteiger partial charge < -0.3 is 9.47 Å². The first-order valence-electron chi connectivity index (χ1n) is 6.53. The van der Waals surface area contributed by atoms with Gasteiger partial charge in [-0.2, -0.15) is 0 Å². The lowest BCUT2D eigenvalue weighted by molar-refractivity contribution is -0.153. The Morgan fingerprint density at radius 1 is 1.20 bits per heavy atom. The molecular weight excluding hydrogens is 256 g/mol. The summed E-state index contributed by atoms with van der Waals surface area (Å²) in [6.07, 6.45) is 0.415. The topological polar surface area (TPSA) is 52.6 Å². The average Bonchev–Trinajstić information content (AvgIpc) is 2.47. The maximum absolute atomic E-state index is 12.0. The Morgan fingerprint density at radius 2 is 1.95 bits per heavy atom. The molecule has 2 aromatic rings. The van der Waals surface area contributed by atoms with Gasteiger partial charge in [0.1, 0.15) is 0 Å². The Balaban J connectivity index is 2.15. The van der Waals surface area contributed by atoms with Crippen LogP contribution in [0.2, 0.25) is 0 Å². The van der Waals surface area contributed by atoms with Gasteiger partial charge in [-0.05, 0) is 29.3 Å². The van der Waals surface area contributed by atoms with Gasteiger partial charge in [-0.3, -0.25) is 4.79 Å². The van der Waals surface area contributed by atoms with Gasteiger partial charge in [0.2, 0.25) is 6.29 Å². The van der Waals surface area contributed by atoms with Gasteiger partial charge >= 0.3 is 5.97 Å². The molecule has 0 bridgehead atoms. The van der Waals surface area contributed by atoms with Crippen LogP contribution in [0.25, 0.3) is 10.8 Å². The van der Waals surface area contributed by atoms with Crippen LogP contribution in [-0.2, 0) is 14.3 Å². The Hall–Kier alpha value is -2.36. The van der Waals surface area contributed by atoms with Crippen LogP contribution >= 0.6 is 0 Å². The van der Waals surface area contributed by atoms with Gasteiger partial charge in [-0.25, -0.2) is 4.79 Å². The molecule has 1 unspecified atom stereocenters. The highest BCUT2D eigenvalue weighted by atomic mass is 16.7. The Labute approximate surface area is 117 Å². The van der Waals surface area contributed by atoms with Crippen LogP contribution < -0.4 is 0 Å². The van der Waals surface area contributed by atoms with Gasteiger partial charge in [0, 0.05) is 6.42 Å². The number of fused-ring (bicyclic) bond motifs is 1. The SMILES string of the molecule is CCCC(OC=O)OC(=O)c1ccc2ccccc2c1. The van der Waals surface area contributed by atoms with Crippen LogP contribution in [0.3, 0.4) is 0 Å². The summed E-state index contributed by atoms with van der Waals surface area (Å²) in [6.45, 7) is 2.22. The second-order valence-electron chi connectivity index (χ2n) is 4.42. The molecule has 20 heavy (non-hydrogen) atoms. The second kappa shape index (κ2) is 6.70. The zero-order chi connectivity index (χ0) is 14.4. The number of ether oxygens (including phenoxy) is 2. The Bertz CT molecular complexity index is 606. The van der Waals surface area contributed by atoms with E-state index in [0.717, 1.165) is 17.2 Å². The Kier molecular flexibility index (Phi) is 4.71. The molecule has 0 amide bonds. The minimum absolute atomic E-state index is 0.300. The van der Waals surface area contributed by atoms with Crippen LogP contribution in [0.4, 0.5) is 0 Å². The van der Waals surface area contributed by atoms with Crippen LogP contribution in [-0.4, -0.2) is 18.7 Å². The highest BCUT2D eigenvalue weighted by Gasteiger charge is 2.16. The molecule has 0 heterocycles. The third kappa shape index (κ3) is 3.35. The summed E-state index contributed by atoms with van der Waals surface area (Å²) in [5, 5.41) is 2.02. The van der Waals surface area contributed by atoms with Crippen LogP contribution in [0.15, 0.2) is 42.5 Å². The van der Waals surface area contributed by atoms with E-state index in [9.17, 15) is 9.59 Å². The fourth-order valence-electron chi connectivity index (χ4n) is 1.96. The predicted molar refractivity (Wildman–Crippen MR) is 75.2 cm³/mol. The van der Waals surface area contributed by atoms with E-state index in [1.807, 2.05) is 37.3 Å². The molecule has 0 aliphatic carbocycles. The number of hydrogen-bond acceptors (Lipinski definition) is 4. The van der Waals surface area contributed by atoms with Crippen molar-refractivity contribution >= 4 is 23.2 Å². The van der Waals surface area contributed by atoms with Crippen LogP contribution in [0.5, 0.6) is 0 Å². The third-order valence-electron chi connectivity index (χ3n) is 2.96. The number of esters is 1. The molecule has 104 valence electrons. The summed E-state index contributed by atoms with van der Waals surface area (Å²) >= 11 is 0. The summed E-state index contributed by atoms with van der Waals surface area (Å²) in [6, 6.07) is 13.1. The number of rotatable bonds is 6. The normalized spacial score (nSPS) is 11.8. The van der Waals surface area contributed by atoms with E-state index in [0.29, 0.717) is 18.5 Å². The fourth-order valence-corrected chi connectivity index (χ4v) is 1.96. The average molecular weight is 272 g/mol. The first kappa shape index (κ1) is 14.1. The first-order chi connectivity index (χ1) is 9.74. The molecule has 4 nitrogen and oxygen atoms in total. The molecule has 0 aromatic heterocycles. The molecule has 0 radical (unpaired) electrons. The van der Waals surface area contributed by atoms with Crippen molar-refractivity contribution in [2.45, 2.75) is 26.1 Å². The molecule has 0 saturated carbocycles. The lowest BCUT2D eigenvalue weighted by atomic mass is 10.1. The highest BCUT2D eigenvalue weighted by Crippen LogP contribution is 2.17. The standard InChI is InChI=1S/C16H16O4/c1-2-5-15(19-11-17)20-16(18)14-9-8-12-6-3-4-7-13(12)10-14/h3-4,6-11,15H,2,5H2,1H3. The van der Waals surface area contributed by atoms with E-state index in [4.69, 9.17) is 9.47 Å². The van der Waals surface area contributed by atoms with Crippen LogP contribution in [0, 0.1) is 0 Å². The molecule has 0 spiro atoms. The summed E-state index contributed by atoms with van der Waals surface area (Å²) in [4.78, 5) is 22.4. The lowest BCUT2D eigenvalue weighted by Crippen LogP contribution is -2.21. The maximum Gasteiger partial charge on any atom is 0.341 e. The molecule has 1 atom stereocenters. The zero-order valence-electron chi connectivity index (χ0n) is 11.2. The molecule has 0 aliphatic rings. The predicted octanol–water partition coefficient (Wildman–Crippen LogP) is 3.30. The van der Waals surface area contributed by atoms with E-state index >= 15 is 0 Å². The van der Waals surface area contributed by atoms with E-state index in [-0.39, 0.29) is 0 Å². The van der Waals surface area contributed by atoms with E-state index in [1.54, 1.807) is 12.1 Å². The van der Waals surface area contributed by atoms with Crippen molar-refractivity contribution in [3.63, 3.8) is 0 Å². The van der Waals surface area contributed by atoms with E-state index < -0.39 is 12.3 Å². The number of carbonyl (C=O) groups is 2. The van der Waals surface area contributed by atoms with Crippen molar-refractivity contribution < 1.29 is 19.1 Å². The molecule has 4 heteroatoms. The third-order valence-corrected chi connectivity index (χ3v) is 2.96. The molecule has 0 fully saturated rings. The summed E-state index contributed by atoms with van der Waals surface area (Å²) in [7, 11) is 0. The quantitative estimate of drug-likeness (QED) is 0.460. The van der Waals surface area contributed by atoms with Crippen molar-refractivity contribution in [1.82, 2.24) is 0 Å². The molecule has 0 aliphatic heterocycles. The number of carbonyl (C=O) groups excluding carboxylic acids is 2. The molecule has 0 saturated heterocycles. The second-order valence-corrected chi connectivity index (χ2v) is 4.42. The largest absolute Gasteiger partial charge is 0.427 e. The molecular formula is C16H16O4. The summed E-state index contributed by atoms with van der Waals surface area (Å²) < 4.78 is 9.91. The fraction of sp³-hybridized carbons (Fsp3) is 0.250. The minimum Gasteiger partial charge on any atom is -0.427 e. The van der Waals surface area contributed by atoms with E-state index in [1.165, 1.54) is 0 Å². The Morgan fingerprint density at radius 3 is 2.65 bits per heavy atom. The van der Waals surface area contributed by atoms with Gasteiger partial charge in [-0.15, -0.1) is 0 Å². The molecule has 0 N–H and O–H groups in total. The van der Waals surface area contributed by atoms with Crippen molar-refractivity contribution in [3.05, 3.63) is 48.0 Å². The van der Waals surface area contributed by atoms with Gasteiger partial charge in [-0.1, -0.05) is 37.3 Å². The van der Waals surface area contributed by atoms with Gasteiger partial charge in [0.15, 0.2) is 0 Å². The molecule has 2 rings (SSSR count). The summed E-state index contributed by atoms with van der Waals surface area (Å²) in [5.41, 5.74) is 0.444. The van der Waals surface area contributed by atoms with Crippen LogP contribution in [0.1, 0.15) is 30.1 Å². The van der Waals surface area contributed by atoms with Gasteiger partial charge in [0.25, 0.3) is 6.47 Å². The monoisotopic (exact) mass is 272 g/mol. The summed E-state index contributed by atoms with van der Waals surface area (Å²) in [5.74, 6) is -0.490. The van der Waals surface area contributed by atoms with Crippen molar-refractivity contribution in [3.8, 4) is 0 Å². The smallest absolute Gasteiger partial charge is 0.341 e. The highest BCUT2D eigenvalue weighted by molar-refractivity contribution is 5.95. The van der Waals surface area contributed by atoms with Crippen molar-refractivity contribution in [1.29, 1.82) is 0 Å². The lowest BCUT2D eigenvalue weighted by Gasteiger charge is -2.15. The molecule has 2 aromatic carbocycles. The number of benzene rings is 2. The zero-order valence-corrected chi connectivity index (χ0v) is 11.2. The minimum atomic E-state index is -0.823. The van der Waals surface area contributed by atoms with Crippen molar-refractivity contribution in [2.24, 2.45) is 0 Å². The van der Waals surface area contributed by atoms with Crippen molar-refractivity contribution in [2.75, 3.05) is 0 Å².